The van der Waals surface area contributed by atoms with Crippen LogP contribution in [0.4, 0.5) is 5.69 Å². The van der Waals surface area contributed by atoms with Crippen LogP contribution in [-0.4, -0.2) is 45.1 Å². The molecule has 5 heteroatoms. The Bertz CT molecular complexity index is 396. The summed E-state index contributed by atoms with van der Waals surface area (Å²) in [7, 11) is 5.53. The quantitative estimate of drug-likeness (QED) is 0.815. The van der Waals surface area contributed by atoms with E-state index in [4.69, 9.17) is 4.74 Å². The summed E-state index contributed by atoms with van der Waals surface area (Å²) in [6, 6.07) is 7.52. The molecule has 0 radical (unpaired) electrons. The minimum absolute atomic E-state index is 0.0701. The van der Waals surface area contributed by atoms with Crippen LogP contribution in [0.15, 0.2) is 24.3 Å². The second-order valence-corrected chi connectivity index (χ2v) is 5.50. The zero-order valence-corrected chi connectivity index (χ0v) is 12.5. The molecule has 1 N–H and O–H groups in total. The number of anilines is 1. The van der Waals surface area contributed by atoms with E-state index in [1.165, 1.54) is 0 Å². The monoisotopic (exact) mass is 314 g/mol. The molecule has 0 aliphatic heterocycles. The second-order valence-electron chi connectivity index (χ2n) is 4.21. The van der Waals surface area contributed by atoms with Gasteiger partial charge in [-0.15, -0.1) is 0 Å². The lowest BCUT2D eigenvalue weighted by atomic mass is 10.2. The summed E-state index contributed by atoms with van der Waals surface area (Å²) in [5.74, 6) is -0.0701. The molecule has 1 atom stereocenters. The third kappa shape index (κ3) is 4.66. The average molecular weight is 315 g/mol. The molecule has 100 valence electrons. The Balaban J connectivity index is 2.58. The van der Waals surface area contributed by atoms with Crippen LogP contribution in [0.25, 0.3) is 0 Å². The minimum atomic E-state index is -0.0701. The van der Waals surface area contributed by atoms with Gasteiger partial charge < -0.3 is 15.0 Å². The third-order valence-electron chi connectivity index (χ3n) is 2.46. The Hall–Kier alpha value is -1.07. The Morgan fingerprint density at radius 2 is 2.22 bits per heavy atom. The fourth-order valence-corrected chi connectivity index (χ4v) is 1.90. The van der Waals surface area contributed by atoms with E-state index in [9.17, 15) is 4.79 Å². The van der Waals surface area contributed by atoms with E-state index in [1.807, 2.05) is 43.3 Å². The fourth-order valence-electron chi connectivity index (χ4n) is 1.47. The fraction of sp³-hybridized carbons (Fsp3) is 0.462. The lowest BCUT2D eigenvalue weighted by Crippen LogP contribution is -2.31. The molecule has 1 unspecified atom stereocenters. The van der Waals surface area contributed by atoms with Gasteiger partial charge in [-0.05, 0) is 18.2 Å². The molecular weight excluding hydrogens is 296 g/mol. The van der Waals surface area contributed by atoms with E-state index in [0.29, 0.717) is 18.7 Å². The number of hydrogen-bond donors (Lipinski definition) is 1. The molecule has 1 amide bonds. The zero-order chi connectivity index (χ0) is 13.5. The number of ether oxygens (including phenoxy) is 1. The van der Waals surface area contributed by atoms with Crippen molar-refractivity contribution >= 4 is 27.5 Å². The molecule has 0 saturated heterocycles. The number of carbonyl (C=O) groups excluding carboxylic acids is 1. The molecule has 0 spiro atoms. The molecular formula is C13H19BrN2O2. The van der Waals surface area contributed by atoms with Gasteiger partial charge >= 0.3 is 0 Å². The molecule has 0 aliphatic carbocycles. The predicted molar refractivity (Wildman–Crippen MR) is 77.7 cm³/mol. The van der Waals surface area contributed by atoms with Crippen molar-refractivity contribution in [3.8, 4) is 0 Å². The number of nitrogens with one attached hydrogen (secondary N) is 1. The highest BCUT2D eigenvalue weighted by molar-refractivity contribution is 9.09. The molecule has 1 aromatic carbocycles. The van der Waals surface area contributed by atoms with Gasteiger partial charge in [0.05, 0.1) is 11.4 Å². The van der Waals surface area contributed by atoms with E-state index >= 15 is 0 Å². The standard InChI is InChI=1S/C13H19BrN2O2/c1-16(2)12-6-4-5-10(7-12)13(17)15-8-11(14)9-18-3/h4-7,11H,8-9H2,1-3H3,(H,15,17). The largest absolute Gasteiger partial charge is 0.383 e. The number of nitrogens with zero attached hydrogens (tertiary/aromatic N) is 1. The summed E-state index contributed by atoms with van der Waals surface area (Å²) in [5.41, 5.74) is 1.67. The van der Waals surface area contributed by atoms with E-state index in [2.05, 4.69) is 21.2 Å². The van der Waals surface area contributed by atoms with E-state index in [0.717, 1.165) is 5.69 Å². The van der Waals surface area contributed by atoms with Crippen molar-refractivity contribution < 1.29 is 9.53 Å². The number of carbonyl (C=O) groups is 1. The van der Waals surface area contributed by atoms with Crippen LogP contribution < -0.4 is 10.2 Å². The van der Waals surface area contributed by atoms with Crippen LogP contribution in [0.5, 0.6) is 0 Å². The van der Waals surface area contributed by atoms with Crippen LogP contribution in [-0.2, 0) is 4.74 Å². The lowest BCUT2D eigenvalue weighted by Gasteiger charge is -2.14. The number of methoxy groups -OCH3 is 1. The molecule has 1 rings (SSSR count). The Kier molecular flexibility index (Phi) is 6.15. The van der Waals surface area contributed by atoms with Gasteiger partial charge in [-0.25, -0.2) is 0 Å². The minimum Gasteiger partial charge on any atom is -0.383 e. The Morgan fingerprint density at radius 1 is 1.50 bits per heavy atom. The van der Waals surface area contributed by atoms with E-state index in [1.54, 1.807) is 7.11 Å². The molecule has 0 aromatic heterocycles. The van der Waals surface area contributed by atoms with Crippen molar-refractivity contribution in [2.24, 2.45) is 0 Å². The Morgan fingerprint density at radius 3 is 2.83 bits per heavy atom. The maximum atomic E-state index is 11.9. The van der Waals surface area contributed by atoms with Gasteiger partial charge in [0.2, 0.25) is 0 Å². The van der Waals surface area contributed by atoms with E-state index in [-0.39, 0.29) is 10.7 Å². The first kappa shape index (κ1) is 15.0. The molecule has 0 bridgehead atoms. The highest BCUT2D eigenvalue weighted by atomic mass is 79.9. The van der Waals surface area contributed by atoms with Crippen molar-refractivity contribution in [3.63, 3.8) is 0 Å². The number of halogens is 1. The molecule has 0 heterocycles. The number of benzene rings is 1. The van der Waals surface area contributed by atoms with Gasteiger partial charge in [0.1, 0.15) is 0 Å². The predicted octanol–water partition coefficient (Wildman–Crippen LogP) is 1.89. The van der Waals surface area contributed by atoms with Crippen molar-refractivity contribution in [1.82, 2.24) is 5.32 Å². The summed E-state index contributed by atoms with van der Waals surface area (Å²) in [5, 5.41) is 2.87. The maximum Gasteiger partial charge on any atom is 0.251 e. The van der Waals surface area contributed by atoms with Crippen LogP contribution in [0.1, 0.15) is 10.4 Å². The molecule has 18 heavy (non-hydrogen) atoms. The second kappa shape index (κ2) is 7.38. The van der Waals surface area contributed by atoms with E-state index < -0.39 is 0 Å². The van der Waals surface area contributed by atoms with Crippen LogP contribution in [0.3, 0.4) is 0 Å². The van der Waals surface area contributed by atoms with Gasteiger partial charge in [-0.1, -0.05) is 22.0 Å². The topological polar surface area (TPSA) is 41.6 Å². The van der Waals surface area contributed by atoms with Gasteiger partial charge in [-0.3, -0.25) is 4.79 Å². The normalized spacial score (nSPS) is 12.0. The molecule has 0 aliphatic rings. The summed E-state index contributed by atoms with van der Waals surface area (Å²) in [4.78, 5) is 14.0. The summed E-state index contributed by atoms with van der Waals surface area (Å²) in [6.45, 7) is 1.11. The molecule has 0 fully saturated rings. The van der Waals surface area contributed by atoms with Crippen molar-refractivity contribution in [3.05, 3.63) is 29.8 Å². The Labute approximate surface area is 116 Å². The van der Waals surface area contributed by atoms with Crippen molar-refractivity contribution in [2.45, 2.75) is 4.83 Å². The van der Waals surface area contributed by atoms with Gasteiger partial charge in [0.15, 0.2) is 0 Å². The number of alkyl halides is 1. The third-order valence-corrected chi connectivity index (χ3v) is 3.04. The first-order valence-corrected chi connectivity index (χ1v) is 6.64. The first-order valence-electron chi connectivity index (χ1n) is 5.73. The highest BCUT2D eigenvalue weighted by Crippen LogP contribution is 2.13. The van der Waals surface area contributed by atoms with Gasteiger partial charge in [0.25, 0.3) is 5.91 Å². The number of hydrogen-bond acceptors (Lipinski definition) is 3. The zero-order valence-electron chi connectivity index (χ0n) is 10.9. The summed E-state index contributed by atoms with van der Waals surface area (Å²) in [6.07, 6.45) is 0. The lowest BCUT2D eigenvalue weighted by molar-refractivity contribution is 0.0950. The van der Waals surface area contributed by atoms with Crippen molar-refractivity contribution in [1.29, 1.82) is 0 Å². The molecule has 1 aromatic rings. The molecule has 4 nitrogen and oxygen atoms in total. The number of rotatable bonds is 6. The van der Waals surface area contributed by atoms with Crippen LogP contribution in [0, 0.1) is 0 Å². The number of amides is 1. The molecule has 0 saturated carbocycles. The van der Waals surface area contributed by atoms with Crippen LogP contribution in [0.2, 0.25) is 0 Å². The summed E-state index contributed by atoms with van der Waals surface area (Å²) < 4.78 is 4.99. The average Bonchev–Trinajstić information content (AvgIpc) is 2.36. The smallest absolute Gasteiger partial charge is 0.251 e. The highest BCUT2D eigenvalue weighted by Gasteiger charge is 2.09. The summed E-state index contributed by atoms with van der Waals surface area (Å²) >= 11 is 3.43. The SMILES string of the molecule is COCC(Br)CNC(=O)c1cccc(N(C)C)c1. The van der Waals surface area contributed by atoms with Gasteiger partial charge in [-0.2, -0.15) is 0 Å². The van der Waals surface area contributed by atoms with Crippen molar-refractivity contribution in [2.75, 3.05) is 39.3 Å². The maximum absolute atomic E-state index is 11.9. The first-order chi connectivity index (χ1) is 8.54. The van der Waals surface area contributed by atoms with Gasteiger partial charge in [0, 0.05) is 39.0 Å². The van der Waals surface area contributed by atoms with Crippen LogP contribution >= 0.6 is 15.9 Å².